The minimum Gasteiger partial charge on any atom is -0.494 e. The van der Waals surface area contributed by atoms with Crippen LogP contribution in [0.4, 0.5) is 4.79 Å². The second-order valence-corrected chi connectivity index (χ2v) is 11.8. The van der Waals surface area contributed by atoms with Gasteiger partial charge in [0, 0.05) is 18.0 Å². The Morgan fingerprint density at radius 1 is 1.14 bits per heavy atom. The second-order valence-electron chi connectivity index (χ2n) is 8.81. The highest BCUT2D eigenvalue weighted by molar-refractivity contribution is 7.91. The molecule has 1 amide bonds. The van der Waals surface area contributed by atoms with Crippen LogP contribution in [0.3, 0.4) is 0 Å². The van der Waals surface area contributed by atoms with Crippen molar-refractivity contribution in [2.75, 3.05) is 26.3 Å². The molecular formula is C24H32N2O7S2. The predicted octanol–water partition coefficient (Wildman–Crippen LogP) is 4.05. The molecule has 0 saturated carbocycles. The van der Waals surface area contributed by atoms with E-state index in [9.17, 15) is 23.1 Å². The van der Waals surface area contributed by atoms with E-state index in [2.05, 4.69) is 4.72 Å². The Hall–Kier alpha value is -2.63. The fourth-order valence-corrected chi connectivity index (χ4v) is 6.41. The molecule has 2 aromatic rings. The van der Waals surface area contributed by atoms with Gasteiger partial charge in [0.2, 0.25) is 0 Å². The number of carbonyl (C=O) groups excluding carboxylic acids is 1. The van der Waals surface area contributed by atoms with Gasteiger partial charge in [-0.05, 0) is 73.6 Å². The first-order valence-corrected chi connectivity index (χ1v) is 13.9. The number of carboxylic acids is 1. The zero-order chi connectivity index (χ0) is 25.6. The molecule has 1 fully saturated rings. The van der Waals surface area contributed by atoms with Gasteiger partial charge in [-0.15, -0.1) is 11.3 Å². The van der Waals surface area contributed by atoms with E-state index in [1.54, 1.807) is 6.07 Å². The summed E-state index contributed by atoms with van der Waals surface area (Å²) in [5, 5.41) is 9.77. The minimum atomic E-state index is -4.05. The van der Waals surface area contributed by atoms with E-state index < -0.39 is 34.0 Å². The Balaban J connectivity index is 1.65. The van der Waals surface area contributed by atoms with E-state index in [-0.39, 0.29) is 10.1 Å². The SMILES string of the molecule is CCOc1ccc(-c2ccc(S(=O)(=O)N[C@@H](C(=O)O)C3CCN(C(=O)OCC(C)C)CC3)s2)cc1. The zero-order valence-corrected chi connectivity index (χ0v) is 21.7. The van der Waals surface area contributed by atoms with Crippen LogP contribution in [0.2, 0.25) is 0 Å². The van der Waals surface area contributed by atoms with E-state index in [0.717, 1.165) is 27.5 Å². The first kappa shape index (κ1) is 27.0. The largest absolute Gasteiger partial charge is 0.494 e. The van der Waals surface area contributed by atoms with Gasteiger partial charge >= 0.3 is 12.1 Å². The third-order valence-corrected chi connectivity index (χ3v) is 8.72. The Labute approximate surface area is 210 Å². The first-order chi connectivity index (χ1) is 16.6. The van der Waals surface area contributed by atoms with Crippen LogP contribution in [0.1, 0.15) is 33.6 Å². The summed E-state index contributed by atoms with van der Waals surface area (Å²) in [6.07, 6.45) is 0.293. The number of nitrogens with one attached hydrogen (secondary N) is 1. The van der Waals surface area contributed by atoms with Gasteiger partial charge in [0.05, 0.1) is 13.2 Å². The molecule has 192 valence electrons. The molecule has 35 heavy (non-hydrogen) atoms. The molecular weight excluding hydrogens is 492 g/mol. The van der Waals surface area contributed by atoms with Crippen LogP contribution in [0, 0.1) is 11.8 Å². The quantitative estimate of drug-likeness (QED) is 0.481. The van der Waals surface area contributed by atoms with E-state index in [0.29, 0.717) is 39.1 Å². The van der Waals surface area contributed by atoms with E-state index in [1.165, 1.54) is 11.0 Å². The lowest BCUT2D eigenvalue weighted by atomic mass is 9.90. The summed E-state index contributed by atoms with van der Waals surface area (Å²) < 4.78 is 39.1. The standard InChI is InChI=1S/C24H32N2O7S2/c1-4-32-19-7-5-17(6-8-19)20-9-10-21(34-20)35(30,31)25-22(23(27)28)18-11-13-26(14-12-18)24(29)33-15-16(2)3/h5-10,16,18,22,25H,4,11-15H2,1-3H3,(H,27,28)/t22-/m1/s1. The molecule has 9 nitrogen and oxygen atoms in total. The maximum absolute atomic E-state index is 13.0. The van der Waals surface area contributed by atoms with Crippen molar-refractivity contribution in [3.8, 4) is 16.2 Å². The molecule has 1 aromatic carbocycles. The maximum atomic E-state index is 13.0. The number of nitrogens with zero attached hydrogens (tertiary/aromatic N) is 1. The van der Waals surface area contributed by atoms with Crippen molar-refractivity contribution in [1.82, 2.24) is 9.62 Å². The topological polar surface area (TPSA) is 122 Å². The van der Waals surface area contributed by atoms with Crippen molar-refractivity contribution in [3.05, 3.63) is 36.4 Å². The summed E-state index contributed by atoms with van der Waals surface area (Å²) >= 11 is 1.07. The van der Waals surface area contributed by atoms with Crippen LogP contribution in [-0.2, 0) is 19.6 Å². The molecule has 1 aliphatic rings. The number of carbonyl (C=O) groups is 2. The second kappa shape index (κ2) is 11.9. The Bertz CT molecular complexity index is 1110. The monoisotopic (exact) mass is 524 g/mol. The average molecular weight is 525 g/mol. The van der Waals surface area contributed by atoms with Gasteiger partial charge in [-0.25, -0.2) is 13.2 Å². The smallest absolute Gasteiger partial charge is 0.409 e. The van der Waals surface area contributed by atoms with Crippen LogP contribution in [0.25, 0.3) is 10.4 Å². The molecule has 1 atom stereocenters. The van der Waals surface area contributed by atoms with Gasteiger partial charge in [-0.2, -0.15) is 4.72 Å². The minimum absolute atomic E-state index is 0.0438. The highest BCUT2D eigenvalue weighted by Gasteiger charge is 2.36. The number of sulfonamides is 1. The van der Waals surface area contributed by atoms with Gasteiger partial charge in [0.15, 0.2) is 0 Å². The predicted molar refractivity (Wildman–Crippen MR) is 133 cm³/mol. The van der Waals surface area contributed by atoms with Gasteiger partial charge in [0.25, 0.3) is 10.0 Å². The van der Waals surface area contributed by atoms with Gasteiger partial charge < -0.3 is 19.5 Å². The maximum Gasteiger partial charge on any atom is 0.409 e. The van der Waals surface area contributed by atoms with E-state index in [4.69, 9.17) is 9.47 Å². The van der Waals surface area contributed by atoms with Crippen molar-refractivity contribution in [2.24, 2.45) is 11.8 Å². The van der Waals surface area contributed by atoms with Crippen LogP contribution >= 0.6 is 11.3 Å². The summed E-state index contributed by atoms with van der Waals surface area (Å²) in [5.41, 5.74) is 0.839. The van der Waals surface area contributed by atoms with Crippen molar-refractivity contribution < 1.29 is 32.6 Å². The Morgan fingerprint density at radius 2 is 1.80 bits per heavy atom. The summed E-state index contributed by atoms with van der Waals surface area (Å²) in [5.74, 6) is -0.736. The molecule has 1 saturated heterocycles. The fraction of sp³-hybridized carbons (Fsp3) is 0.500. The summed E-state index contributed by atoms with van der Waals surface area (Å²) in [6.45, 7) is 7.28. The molecule has 3 rings (SSSR count). The fourth-order valence-electron chi connectivity index (χ4n) is 3.82. The van der Waals surface area contributed by atoms with Crippen molar-refractivity contribution in [2.45, 2.75) is 43.9 Å². The van der Waals surface area contributed by atoms with E-state index in [1.807, 2.05) is 45.0 Å². The van der Waals surface area contributed by atoms with Crippen molar-refractivity contribution >= 4 is 33.4 Å². The Morgan fingerprint density at radius 3 is 2.37 bits per heavy atom. The highest BCUT2D eigenvalue weighted by Crippen LogP contribution is 2.32. The molecule has 2 N–H and O–H groups in total. The van der Waals surface area contributed by atoms with Crippen molar-refractivity contribution in [3.63, 3.8) is 0 Å². The number of hydrogen-bond donors (Lipinski definition) is 2. The van der Waals surface area contributed by atoms with Gasteiger partial charge in [0.1, 0.15) is 16.0 Å². The number of ether oxygens (including phenoxy) is 2. The highest BCUT2D eigenvalue weighted by atomic mass is 32.2. The summed E-state index contributed by atoms with van der Waals surface area (Å²) in [7, 11) is -4.05. The number of thiophene rings is 1. The van der Waals surface area contributed by atoms with Crippen LogP contribution in [0.15, 0.2) is 40.6 Å². The average Bonchev–Trinajstić information content (AvgIpc) is 3.33. The number of carboxylic acid groups (broad SMARTS) is 1. The van der Waals surface area contributed by atoms with Crippen molar-refractivity contribution in [1.29, 1.82) is 0 Å². The number of rotatable bonds is 10. The third kappa shape index (κ3) is 7.18. The lowest BCUT2D eigenvalue weighted by Gasteiger charge is -2.34. The lowest BCUT2D eigenvalue weighted by Crippen LogP contribution is -2.50. The lowest BCUT2D eigenvalue weighted by molar-refractivity contribution is -0.140. The molecule has 1 aliphatic heterocycles. The van der Waals surface area contributed by atoms with Crippen LogP contribution < -0.4 is 9.46 Å². The first-order valence-electron chi connectivity index (χ1n) is 11.6. The van der Waals surface area contributed by atoms with Gasteiger partial charge in [-0.3, -0.25) is 4.79 Å². The summed E-state index contributed by atoms with van der Waals surface area (Å²) in [4.78, 5) is 26.4. The Kier molecular flexibility index (Phi) is 9.15. The van der Waals surface area contributed by atoms with Gasteiger partial charge in [-0.1, -0.05) is 13.8 Å². The number of aliphatic carboxylic acids is 1. The number of piperidine rings is 1. The number of benzene rings is 1. The molecule has 1 aromatic heterocycles. The molecule has 0 unspecified atom stereocenters. The molecule has 0 bridgehead atoms. The number of hydrogen-bond acceptors (Lipinski definition) is 7. The molecule has 2 heterocycles. The zero-order valence-electron chi connectivity index (χ0n) is 20.1. The molecule has 0 radical (unpaired) electrons. The third-order valence-electron chi connectivity index (χ3n) is 5.65. The van der Waals surface area contributed by atoms with Crippen LogP contribution in [0.5, 0.6) is 5.75 Å². The molecule has 0 spiro atoms. The molecule has 11 heteroatoms. The molecule has 0 aliphatic carbocycles. The van der Waals surface area contributed by atoms with Crippen LogP contribution in [-0.4, -0.2) is 62.8 Å². The van der Waals surface area contributed by atoms with E-state index >= 15 is 0 Å². The number of amides is 1. The summed E-state index contributed by atoms with van der Waals surface area (Å²) in [6, 6.07) is 9.22. The normalized spacial score (nSPS) is 15.7. The number of likely N-dealkylation sites (tertiary alicyclic amines) is 1.